The van der Waals surface area contributed by atoms with Crippen LogP contribution in [0.1, 0.15) is 23.2 Å². The fourth-order valence-electron chi connectivity index (χ4n) is 1.90. The predicted octanol–water partition coefficient (Wildman–Crippen LogP) is 2.79. The Morgan fingerprint density at radius 1 is 1.33 bits per heavy atom. The van der Waals surface area contributed by atoms with Crippen LogP contribution in [0.15, 0.2) is 6.20 Å². The molecule has 0 atom stereocenters. The van der Waals surface area contributed by atoms with E-state index in [9.17, 15) is 18.0 Å². The van der Waals surface area contributed by atoms with Crippen LogP contribution in [0.25, 0.3) is 0 Å². The van der Waals surface area contributed by atoms with Crippen molar-refractivity contribution in [2.75, 3.05) is 20.3 Å². The predicted molar refractivity (Wildman–Crippen MR) is 70.5 cm³/mol. The van der Waals surface area contributed by atoms with Gasteiger partial charge in [-0.3, -0.25) is 9.78 Å². The average Bonchev–Trinajstić information content (AvgIpc) is 2.38. The summed E-state index contributed by atoms with van der Waals surface area (Å²) in [5.41, 5.74) is 2.19. The van der Waals surface area contributed by atoms with E-state index in [0.717, 1.165) is 11.1 Å². The molecule has 1 aromatic rings. The first-order chi connectivity index (χ1) is 9.74. The summed E-state index contributed by atoms with van der Waals surface area (Å²) >= 11 is 0. The van der Waals surface area contributed by atoms with Gasteiger partial charge in [0.05, 0.1) is 19.4 Å². The van der Waals surface area contributed by atoms with Crippen molar-refractivity contribution in [1.29, 1.82) is 0 Å². The number of carbonyl (C=O) groups excluding carboxylic acids is 1. The number of ether oxygens (including phenoxy) is 2. The first-order valence-corrected chi connectivity index (χ1v) is 6.40. The fourth-order valence-corrected chi connectivity index (χ4v) is 1.90. The number of alkyl halides is 3. The van der Waals surface area contributed by atoms with Crippen molar-refractivity contribution in [2.45, 2.75) is 32.9 Å². The topological polar surface area (TPSA) is 48.4 Å². The van der Waals surface area contributed by atoms with Crippen molar-refractivity contribution in [3.8, 4) is 5.75 Å². The molecule has 0 aromatic carbocycles. The quantitative estimate of drug-likeness (QED) is 0.727. The molecular formula is C14H18F3NO3. The summed E-state index contributed by atoms with van der Waals surface area (Å²) in [5.74, 6) is 0.444. The Balaban J connectivity index is 2.52. The minimum atomic E-state index is -4.37. The molecule has 0 saturated heterocycles. The number of ketones is 1. The van der Waals surface area contributed by atoms with Crippen LogP contribution in [-0.2, 0) is 16.0 Å². The number of aromatic nitrogens is 1. The van der Waals surface area contributed by atoms with Crippen molar-refractivity contribution in [3.05, 3.63) is 23.0 Å². The third-order valence-electron chi connectivity index (χ3n) is 2.91. The largest absolute Gasteiger partial charge is 0.496 e. The maximum atomic E-state index is 11.9. The molecule has 1 rings (SSSR count). The molecule has 0 aliphatic carbocycles. The maximum Gasteiger partial charge on any atom is 0.411 e. The summed E-state index contributed by atoms with van der Waals surface area (Å²) in [6.45, 7) is 2.05. The van der Waals surface area contributed by atoms with Crippen molar-refractivity contribution in [2.24, 2.45) is 0 Å². The molecule has 0 amide bonds. The van der Waals surface area contributed by atoms with Crippen molar-refractivity contribution in [1.82, 2.24) is 4.98 Å². The molecule has 1 aromatic heterocycles. The molecule has 0 spiro atoms. The third-order valence-corrected chi connectivity index (χ3v) is 2.91. The number of pyridine rings is 1. The zero-order valence-corrected chi connectivity index (χ0v) is 12.2. The Morgan fingerprint density at radius 2 is 2.00 bits per heavy atom. The van der Waals surface area contributed by atoms with E-state index in [0.29, 0.717) is 11.4 Å². The Bertz CT molecular complexity index is 501. The molecule has 0 saturated carbocycles. The van der Waals surface area contributed by atoms with Gasteiger partial charge in [0.15, 0.2) is 0 Å². The fraction of sp³-hybridized carbons (Fsp3) is 0.571. The number of aryl methyl sites for hydroxylation is 1. The van der Waals surface area contributed by atoms with Crippen LogP contribution in [0.3, 0.4) is 0 Å². The summed E-state index contributed by atoms with van der Waals surface area (Å²) < 4.78 is 45.2. The number of nitrogens with zero attached hydrogens (tertiary/aromatic N) is 1. The van der Waals surface area contributed by atoms with Crippen LogP contribution < -0.4 is 4.74 Å². The normalized spacial score (nSPS) is 11.5. The van der Waals surface area contributed by atoms with Crippen LogP contribution in [0.2, 0.25) is 0 Å². The van der Waals surface area contributed by atoms with Crippen LogP contribution in [0.4, 0.5) is 13.2 Å². The number of halogens is 3. The van der Waals surface area contributed by atoms with Gasteiger partial charge < -0.3 is 9.47 Å². The summed E-state index contributed by atoms with van der Waals surface area (Å²) in [6, 6.07) is 0. The molecule has 0 aliphatic heterocycles. The number of carbonyl (C=O) groups is 1. The Morgan fingerprint density at radius 3 is 2.57 bits per heavy atom. The number of Topliss-reactive ketones (excluding diaryl/α,β-unsaturated/α-hetero) is 1. The second kappa shape index (κ2) is 7.40. The van der Waals surface area contributed by atoms with E-state index >= 15 is 0 Å². The van der Waals surface area contributed by atoms with E-state index < -0.39 is 12.8 Å². The van der Waals surface area contributed by atoms with Gasteiger partial charge in [0.1, 0.15) is 18.1 Å². The second-order valence-electron chi connectivity index (χ2n) is 4.68. The van der Waals surface area contributed by atoms with Gasteiger partial charge in [-0.15, -0.1) is 0 Å². The lowest BCUT2D eigenvalue weighted by molar-refractivity contribution is -0.174. The number of hydrogen-bond donors (Lipinski definition) is 0. The lowest BCUT2D eigenvalue weighted by Crippen LogP contribution is -2.19. The monoisotopic (exact) mass is 305 g/mol. The number of hydrogen-bond acceptors (Lipinski definition) is 4. The number of rotatable bonds is 7. The first-order valence-electron chi connectivity index (χ1n) is 6.40. The van der Waals surface area contributed by atoms with Gasteiger partial charge in [-0.1, -0.05) is 0 Å². The van der Waals surface area contributed by atoms with Crippen LogP contribution >= 0.6 is 0 Å². The number of methoxy groups -OCH3 is 1. The van der Waals surface area contributed by atoms with E-state index in [2.05, 4.69) is 9.72 Å². The molecular weight excluding hydrogens is 287 g/mol. The SMILES string of the molecule is COc1c(C)cnc(CC(=O)CCOCC(F)(F)F)c1C. The minimum absolute atomic E-state index is 0.0534. The summed E-state index contributed by atoms with van der Waals surface area (Å²) in [7, 11) is 1.53. The molecule has 0 N–H and O–H groups in total. The van der Waals surface area contributed by atoms with Gasteiger partial charge >= 0.3 is 6.18 Å². The van der Waals surface area contributed by atoms with Crippen LogP contribution in [0, 0.1) is 13.8 Å². The van der Waals surface area contributed by atoms with Gasteiger partial charge in [0.2, 0.25) is 0 Å². The molecule has 0 fully saturated rings. The molecule has 118 valence electrons. The highest BCUT2D eigenvalue weighted by Gasteiger charge is 2.27. The molecule has 0 bridgehead atoms. The zero-order chi connectivity index (χ0) is 16.0. The molecule has 1 heterocycles. The van der Waals surface area contributed by atoms with Gasteiger partial charge in [0.25, 0.3) is 0 Å². The zero-order valence-electron chi connectivity index (χ0n) is 12.2. The average molecular weight is 305 g/mol. The highest BCUT2D eigenvalue weighted by atomic mass is 19.4. The summed E-state index contributed by atoms with van der Waals surface area (Å²) in [6.07, 6.45) is -2.79. The Hall–Kier alpha value is -1.63. The van der Waals surface area contributed by atoms with Crippen LogP contribution in [0.5, 0.6) is 5.75 Å². The summed E-state index contributed by atoms with van der Waals surface area (Å²) in [4.78, 5) is 15.9. The van der Waals surface area contributed by atoms with E-state index in [-0.39, 0.29) is 25.2 Å². The molecule has 0 unspecified atom stereocenters. The van der Waals surface area contributed by atoms with Crippen LogP contribution in [-0.4, -0.2) is 37.3 Å². The van der Waals surface area contributed by atoms with Crippen molar-refractivity contribution in [3.63, 3.8) is 0 Å². The van der Waals surface area contributed by atoms with Gasteiger partial charge in [0, 0.05) is 30.2 Å². The highest BCUT2D eigenvalue weighted by molar-refractivity contribution is 5.81. The second-order valence-corrected chi connectivity index (χ2v) is 4.68. The maximum absolute atomic E-state index is 11.9. The summed E-state index contributed by atoms with van der Waals surface area (Å²) in [5, 5.41) is 0. The third kappa shape index (κ3) is 5.71. The Kier molecular flexibility index (Phi) is 6.14. The Labute approximate surface area is 121 Å². The standard InChI is InChI=1S/C14H18F3NO3/c1-9-7-18-12(10(2)13(9)20-3)6-11(19)4-5-21-8-14(15,16)17/h7H,4-6,8H2,1-3H3. The molecule has 0 radical (unpaired) electrons. The lowest BCUT2D eigenvalue weighted by Gasteiger charge is -2.12. The van der Waals surface area contributed by atoms with E-state index in [1.807, 2.05) is 6.92 Å². The van der Waals surface area contributed by atoms with Crippen molar-refractivity contribution < 1.29 is 27.4 Å². The minimum Gasteiger partial charge on any atom is -0.496 e. The smallest absolute Gasteiger partial charge is 0.411 e. The highest BCUT2D eigenvalue weighted by Crippen LogP contribution is 2.24. The van der Waals surface area contributed by atoms with E-state index in [1.54, 1.807) is 13.1 Å². The van der Waals surface area contributed by atoms with E-state index in [1.165, 1.54) is 7.11 Å². The van der Waals surface area contributed by atoms with Crippen molar-refractivity contribution >= 4 is 5.78 Å². The lowest BCUT2D eigenvalue weighted by atomic mass is 10.1. The first kappa shape index (κ1) is 17.4. The molecule has 21 heavy (non-hydrogen) atoms. The molecule has 0 aliphatic rings. The van der Waals surface area contributed by atoms with Gasteiger partial charge in [-0.2, -0.15) is 13.2 Å². The van der Waals surface area contributed by atoms with Gasteiger partial charge in [-0.25, -0.2) is 0 Å². The van der Waals surface area contributed by atoms with Gasteiger partial charge in [-0.05, 0) is 13.8 Å². The molecule has 7 heteroatoms. The van der Waals surface area contributed by atoms with E-state index in [4.69, 9.17) is 4.74 Å². The molecule has 4 nitrogen and oxygen atoms in total.